The van der Waals surface area contributed by atoms with E-state index in [-0.39, 0.29) is 6.10 Å². The van der Waals surface area contributed by atoms with Crippen molar-refractivity contribution in [3.63, 3.8) is 0 Å². The molecular weight excluding hydrogens is 258 g/mol. The predicted octanol–water partition coefficient (Wildman–Crippen LogP) is 1.46. The summed E-state index contributed by atoms with van der Waals surface area (Å²) in [4.78, 5) is 0. The van der Waals surface area contributed by atoms with Crippen molar-refractivity contribution in [1.82, 2.24) is 9.78 Å². The Labute approximate surface area is 117 Å². The molecule has 0 aliphatic carbocycles. The Hall–Kier alpha value is -2.21. The van der Waals surface area contributed by atoms with Gasteiger partial charge in [-0.3, -0.25) is 4.68 Å². The quantitative estimate of drug-likeness (QED) is 0.914. The van der Waals surface area contributed by atoms with Crippen molar-refractivity contribution < 1.29 is 14.2 Å². The minimum atomic E-state index is 0.0583. The largest absolute Gasteiger partial charge is 0.493 e. The zero-order valence-electron chi connectivity index (χ0n) is 11.5. The first-order valence-corrected chi connectivity index (χ1v) is 6.40. The molecule has 6 nitrogen and oxygen atoms in total. The highest BCUT2D eigenvalue weighted by molar-refractivity contribution is 5.80. The van der Waals surface area contributed by atoms with E-state index in [0.29, 0.717) is 30.5 Å². The van der Waals surface area contributed by atoms with Crippen LogP contribution in [-0.4, -0.2) is 36.2 Å². The Morgan fingerprint density at radius 3 is 2.70 bits per heavy atom. The van der Waals surface area contributed by atoms with Crippen molar-refractivity contribution in [2.75, 3.05) is 26.1 Å². The fourth-order valence-electron chi connectivity index (χ4n) is 2.11. The summed E-state index contributed by atoms with van der Waals surface area (Å²) in [6, 6.07) is 5.72. The molecule has 0 radical (unpaired) electrons. The van der Waals surface area contributed by atoms with Crippen LogP contribution in [0.3, 0.4) is 0 Å². The molecule has 2 N–H and O–H groups in total. The number of rotatable bonds is 4. The molecule has 0 spiro atoms. The van der Waals surface area contributed by atoms with E-state index in [2.05, 4.69) is 5.10 Å². The number of hydrogen-bond acceptors (Lipinski definition) is 5. The number of aryl methyl sites for hydroxylation is 1. The van der Waals surface area contributed by atoms with Crippen LogP contribution in [0.25, 0.3) is 11.1 Å². The average Bonchev–Trinajstić information content (AvgIpc) is 2.74. The Bertz CT molecular complexity index is 620. The van der Waals surface area contributed by atoms with Crippen LogP contribution in [0.1, 0.15) is 0 Å². The molecule has 0 saturated carbocycles. The zero-order chi connectivity index (χ0) is 14.1. The molecule has 1 fully saturated rings. The van der Waals surface area contributed by atoms with Gasteiger partial charge in [0, 0.05) is 18.2 Å². The van der Waals surface area contributed by atoms with Crippen molar-refractivity contribution in [2.24, 2.45) is 7.05 Å². The molecule has 1 aliphatic rings. The number of para-hydroxylation sites is 1. The molecule has 20 heavy (non-hydrogen) atoms. The average molecular weight is 275 g/mol. The number of methoxy groups -OCH3 is 1. The van der Waals surface area contributed by atoms with Gasteiger partial charge in [0.15, 0.2) is 11.5 Å². The van der Waals surface area contributed by atoms with Gasteiger partial charge in [-0.1, -0.05) is 12.1 Å². The van der Waals surface area contributed by atoms with Crippen molar-refractivity contribution >= 4 is 5.82 Å². The van der Waals surface area contributed by atoms with Gasteiger partial charge in [-0.05, 0) is 6.07 Å². The molecule has 0 amide bonds. The predicted molar refractivity (Wildman–Crippen MR) is 74.8 cm³/mol. The molecule has 1 aromatic carbocycles. The summed E-state index contributed by atoms with van der Waals surface area (Å²) in [7, 11) is 3.43. The summed E-state index contributed by atoms with van der Waals surface area (Å²) < 4.78 is 18.1. The van der Waals surface area contributed by atoms with E-state index in [4.69, 9.17) is 19.9 Å². The molecule has 3 rings (SSSR count). The first-order chi connectivity index (χ1) is 9.70. The van der Waals surface area contributed by atoms with Gasteiger partial charge in [0.2, 0.25) is 0 Å². The second kappa shape index (κ2) is 5.05. The van der Waals surface area contributed by atoms with Crippen LogP contribution in [0.2, 0.25) is 0 Å². The molecule has 2 heterocycles. The molecular formula is C14H17N3O3. The normalized spacial score (nSPS) is 14.9. The zero-order valence-corrected chi connectivity index (χ0v) is 11.5. The van der Waals surface area contributed by atoms with E-state index in [1.807, 2.05) is 18.2 Å². The van der Waals surface area contributed by atoms with Gasteiger partial charge in [-0.25, -0.2) is 0 Å². The highest BCUT2D eigenvalue weighted by Crippen LogP contribution is 2.41. The highest BCUT2D eigenvalue weighted by atomic mass is 16.6. The maximum absolute atomic E-state index is 6.05. The summed E-state index contributed by atoms with van der Waals surface area (Å²) in [5.74, 6) is 1.95. The molecule has 1 saturated heterocycles. The lowest BCUT2D eigenvalue weighted by atomic mass is 10.1. The topological polar surface area (TPSA) is 71.5 Å². The number of nitrogens with zero attached hydrogens (tertiary/aromatic N) is 2. The van der Waals surface area contributed by atoms with Crippen LogP contribution in [-0.2, 0) is 11.8 Å². The monoisotopic (exact) mass is 275 g/mol. The molecule has 106 valence electrons. The minimum absolute atomic E-state index is 0.0583. The second-order valence-electron chi connectivity index (χ2n) is 4.68. The maximum atomic E-state index is 6.05. The molecule has 0 bridgehead atoms. The number of hydrogen-bond donors (Lipinski definition) is 1. The van der Waals surface area contributed by atoms with Crippen LogP contribution in [0.5, 0.6) is 11.5 Å². The second-order valence-corrected chi connectivity index (χ2v) is 4.68. The number of aromatic nitrogens is 2. The van der Waals surface area contributed by atoms with Gasteiger partial charge in [0.25, 0.3) is 0 Å². The van der Waals surface area contributed by atoms with Crippen LogP contribution >= 0.6 is 0 Å². The number of benzene rings is 1. The Balaban J connectivity index is 2.06. The summed E-state index contributed by atoms with van der Waals surface area (Å²) in [5, 5.41) is 4.17. The van der Waals surface area contributed by atoms with Crippen molar-refractivity contribution in [3.05, 3.63) is 24.4 Å². The van der Waals surface area contributed by atoms with E-state index < -0.39 is 0 Å². The number of nitrogen functional groups attached to an aromatic ring is 1. The Morgan fingerprint density at radius 2 is 2.15 bits per heavy atom. The standard InChI is InChI=1S/C14H17N3O3/c1-17-14(15)11(6-16-17)10-4-3-5-12(18-2)13(10)20-9-7-19-8-9/h3-6,9H,7-8,15H2,1-2H3. The molecule has 0 atom stereocenters. The van der Waals surface area contributed by atoms with Crippen LogP contribution < -0.4 is 15.2 Å². The Kier molecular flexibility index (Phi) is 3.23. The third-order valence-electron chi connectivity index (χ3n) is 3.37. The molecule has 2 aromatic rings. The fourth-order valence-corrected chi connectivity index (χ4v) is 2.11. The van der Waals surface area contributed by atoms with Crippen molar-refractivity contribution in [2.45, 2.75) is 6.10 Å². The van der Waals surface area contributed by atoms with Gasteiger partial charge < -0.3 is 19.9 Å². The van der Waals surface area contributed by atoms with Crippen LogP contribution in [0.15, 0.2) is 24.4 Å². The van der Waals surface area contributed by atoms with Crippen molar-refractivity contribution in [1.29, 1.82) is 0 Å². The number of nitrogens with two attached hydrogens (primary N) is 1. The van der Waals surface area contributed by atoms with Gasteiger partial charge >= 0.3 is 0 Å². The van der Waals surface area contributed by atoms with E-state index in [9.17, 15) is 0 Å². The SMILES string of the molecule is COc1cccc(-c2cnn(C)c2N)c1OC1COC1. The lowest BCUT2D eigenvalue weighted by Gasteiger charge is -2.28. The lowest BCUT2D eigenvalue weighted by Crippen LogP contribution is -2.38. The molecule has 0 unspecified atom stereocenters. The third-order valence-corrected chi connectivity index (χ3v) is 3.37. The van der Waals surface area contributed by atoms with Gasteiger partial charge in [0.1, 0.15) is 11.9 Å². The smallest absolute Gasteiger partial charge is 0.169 e. The van der Waals surface area contributed by atoms with Crippen molar-refractivity contribution in [3.8, 4) is 22.6 Å². The van der Waals surface area contributed by atoms with Crippen LogP contribution in [0.4, 0.5) is 5.82 Å². The van der Waals surface area contributed by atoms with Gasteiger partial charge in [0.05, 0.1) is 26.5 Å². The van der Waals surface area contributed by atoms with Gasteiger partial charge in [-0.2, -0.15) is 5.10 Å². The molecule has 1 aliphatic heterocycles. The number of anilines is 1. The lowest BCUT2D eigenvalue weighted by molar-refractivity contribution is -0.0801. The summed E-state index contributed by atoms with van der Waals surface area (Å²) >= 11 is 0. The summed E-state index contributed by atoms with van der Waals surface area (Å²) in [5.41, 5.74) is 7.76. The summed E-state index contributed by atoms with van der Waals surface area (Å²) in [6.45, 7) is 1.19. The minimum Gasteiger partial charge on any atom is -0.493 e. The highest BCUT2D eigenvalue weighted by Gasteiger charge is 2.25. The fraction of sp³-hybridized carbons (Fsp3) is 0.357. The molecule has 1 aromatic heterocycles. The third kappa shape index (κ3) is 2.08. The van der Waals surface area contributed by atoms with E-state index in [1.54, 1.807) is 25.0 Å². The van der Waals surface area contributed by atoms with Crippen LogP contribution in [0, 0.1) is 0 Å². The molecule has 6 heteroatoms. The Morgan fingerprint density at radius 1 is 1.35 bits per heavy atom. The van der Waals surface area contributed by atoms with Gasteiger partial charge in [-0.15, -0.1) is 0 Å². The van der Waals surface area contributed by atoms with E-state index >= 15 is 0 Å². The first-order valence-electron chi connectivity index (χ1n) is 6.40. The number of ether oxygens (including phenoxy) is 3. The van der Waals surface area contributed by atoms with E-state index in [1.165, 1.54) is 0 Å². The first kappa shape index (κ1) is 12.8. The maximum Gasteiger partial charge on any atom is 0.169 e. The van der Waals surface area contributed by atoms with E-state index in [0.717, 1.165) is 11.1 Å². The summed E-state index contributed by atoms with van der Waals surface area (Å²) in [6.07, 6.45) is 1.79.